The second-order valence-corrected chi connectivity index (χ2v) is 3.49. The molecule has 0 saturated heterocycles. The molecule has 3 heteroatoms. The van der Waals surface area contributed by atoms with Crippen LogP contribution in [0.5, 0.6) is 0 Å². The molecule has 0 aliphatic rings. The highest BCUT2D eigenvalue weighted by molar-refractivity contribution is 7.10. The molecule has 1 unspecified atom stereocenters. The Hall–Kier alpha value is -0.850. The number of nitriles is 1. The number of hydrogen-bond donors (Lipinski definition) is 1. The van der Waals surface area contributed by atoms with E-state index in [1.54, 1.807) is 11.3 Å². The lowest BCUT2D eigenvalue weighted by Gasteiger charge is -2.11. The molecule has 0 aliphatic carbocycles. The van der Waals surface area contributed by atoms with Crippen LogP contribution < -0.4 is 5.32 Å². The first-order chi connectivity index (χ1) is 5.88. The van der Waals surface area contributed by atoms with Gasteiger partial charge in [-0.3, -0.25) is 5.32 Å². The Morgan fingerprint density at radius 1 is 1.75 bits per heavy atom. The van der Waals surface area contributed by atoms with Crippen LogP contribution in [0.4, 0.5) is 0 Å². The molecule has 1 atom stereocenters. The maximum atomic E-state index is 8.40. The van der Waals surface area contributed by atoms with Gasteiger partial charge in [0.1, 0.15) is 0 Å². The van der Waals surface area contributed by atoms with Crippen molar-refractivity contribution in [3.05, 3.63) is 22.4 Å². The molecule has 0 fully saturated rings. The molecule has 1 rings (SSSR count). The van der Waals surface area contributed by atoms with Crippen molar-refractivity contribution in [1.82, 2.24) is 5.32 Å². The summed E-state index contributed by atoms with van der Waals surface area (Å²) in [5.74, 6) is 0. The molecule has 1 aromatic rings. The van der Waals surface area contributed by atoms with Gasteiger partial charge in [-0.25, -0.2) is 0 Å². The van der Waals surface area contributed by atoms with E-state index in [0.717, 1.165) is 6.42 Å². The van der Waals surface area contributed by atoms with Crippen molar-refractivity contribution in [2.75, 3.05) is 6.54 Å². The van der Waals surface area contributed by atoms with E-state index < -0.39 is 0 Å². The molecule has 0 amide bonds. The lowest BCUT2D eigenvalue weighted by molar-refractivity contribution is 0.563. The third kappa shape index (κ3) is 2.33. The fraction of sp³-hybridized carbons (Fsp3) is 0.444. The first-order valence-electron chi connectivity index (χ1n) is 4.02. The number of nitrogens with one attached hydrogen (secondary N) is 1. The summed E-state index contributed by atoms with van der Waals surface area (Å²) in [6.45, 7) is 2.55. The van der Waals surface area contributed by atoms with Crippen molar-refractivity contribution >= 4 is 11.3 Å². The van der Waals surface area contributed by atoms with E-state index in [2.05, 4.69) is 29.8 Å². The average molecular weight is 180 g/mol. The van der Waals surface area contributed by atoms with E-state index in [1.807, 2.05) is 6.07 Å². The van der Waals surface area contributed by atoms with Gasteiger partial charge >= 0.3 is 0 Å². The smallest absolute Gasteiger partial charge is 0.0845 e. The molecule has 0 bridgehead atoms. The molecule has 0 aromatic carbocycles. The van der Waals surface area contributed by atoms with Crippen LogP contribution in [0.3, 0.4) is 0 Å². The first kappa shape index (κ1) is 9.24. The minimum atomic E-state index is 0.352. The van der Waals surface area contributed by atoms with E-state index in [1.165, 1.54) is 4.88 Å². The molecule has 64 valence electrons. The Morgan fingerprint density at radius 3 is 3.08 bits per heavy atom. The van der Waals surface area contributed by atoms with Gasteiger partial charge in [0, 0.05) is 10.9 Å². The molecular weight excluding hydrogens is 168 g/mol. The molecule has 12 heavy (non-hydrogen) atoms. The Labute approximate surface area is 76.8 Å². The predicted octanol–water partition coefficient (Wildman–Crippen LogP) is 2.31. The Balaban J connectivity index is 2.52. The second-order valence-electron chi connectivity index (χ2n) is 2.52. The number of nitrogens with zero attached hydrogens (tertiary/aromatic N) is 1. The van der Waals surface area contributed by atoms with Crippen molar-refractivity contribution in [2.45, 2.75) is 19.4 Å². The molecule has 0 saturated carbocycles. The lowest BCUT2D eigenvalue weighted by Crippen LogP contribution is -2.19. The van der Waals surface area contributed by atoms with E-state index >= 15 is 0 Å². The largest absolute Gasteiger partial charge is 0.297 e. The second kappa shape index (κ2) is 4.91. The average Bonchev–Trinajstić information content (AvgIpc) is 2.59. The van der Waals surface area contributed by atoms with Crippen LogP contribution >= 0.6 is 11.3 Å². The van der Waals surface area contributed by atoms with Crippen molar-refractivity contribution in [3.63, 3.8) is 0 Å². The zero-order valence-electron chi connectivity index (χ0n) is 7.08. The fourth-order valence-electron chi connectivity index (χ4n) is 1.10. The molecule has 1 heterocycles. The molecule has 0 spiro atoms. The molecule has 1 N–H and O–H groups in total. The van der Waals surface area contributed by atoms with Gasteiger partial charge in [-0.05, 0) is 17.9 Å². The highest BCUT2D eigenvalue weighted by Crippen LogP contribution is 2.20. The fourth-order valence-corrected chi connectivity index (χ4v) is 1.99. The van der Waals surface area contributed by atoms with E-state index in [-0.39, 0.29) is 0 Å². The van der Waals surface area contributed by atoms with Crippen molar-refractivity contribution < 1.29 is 0 Å². The zero-order chi connectivity index (χ0) is 8.81. The molecule has 0 aliphatic heterocycles. The van der Waals surface area contributed by atoms with Gasteiger partial charge in [0.2, 0.25) is 0 Å². The van der Waals surface area contributed by atoms with Gasteiger partial charge in [-0.2, -0.15) is 5.26 Å². The summed E-state index contributed by atoms with van der Waals surface area (Å²) >= 11 is 1.73. The molecular formula is C9H12N2S. The Bertz CT molecular complexity index is 248. The van der Waals surface area contributed by atoms with Gasteiger partial charge in [0.25, 0.3) is 0 Å². The summed E-state index contributed by atoms with van der Waals surface area (Å²) < 4.78 is 0. The highest BCUT2D eigenvalue weighted by Gasteiger charge is 2.07. The summed E-state index contributed by atoms with van der Waals surface area (Å²) in [7, 11) is 0. The van der Waals surface area contributed by atoms with Crippen molar-refractivity contribution in [1.29, 1.82) is 5.26 Å². The van der Waals surface area contributed by atoms with Gasteiger partial charge in [0.05, 0.1) is 12.6 Å². The molecule has 1 aromatic heterocycles. The van der Waals surface area contributed by atoms with E-state index in [9.17, 15) is 0 Å². The SMILES string of the molecule is CCC(NCC#N)c1cccs1. The number of rotatable bonds is 4. The Morgan fingerprint density at radius 2 is 2.58 bits per heavy atom. The summed E-state index contributed by atoms with van der Waals surface area (Å²) in [5, 5.41) is 13.6. The topological polar surface area (TPSA) is 35.8 Å². The lowest BCUT2D eigenvalue weighted by atomic mass is 10.2. The predicted molar refractivity (Wildman–Crippen MR) is 51.0 cm³/mol. The van der Waals surface area contributed by atoms with Crippen molar-refractivity contribution in [3.8, 4) is 6.07 Å². The zero-order valence-corrected chi connectivity index (χ0v) is 7.90. The van der Waals surface area contributed by atoms with Crippen LogP contribution in [0.1, 0.15) is 24.3 Å². The quantitative estimate of drug-likeness (QED) is 0.722. The van der Waals surface area contributed by atoms with Crippen LogP contribution in [0.25, 0.3) is 0 Å². The standard InChI is InChI=1S/C9H12N2S/c1-2-8(11-6-5-10)9-4-3-7-12-9/h3-4,7-8,11H,2,6H2,1H3. The summed E-state index contributed by atoms with van der Waals surface area (Å²) in [6.07, 6.45) is 1.03. The van der Waals surface area contributed by atoms with Crippen LogP contribution in [0, 0.1) is 11.3 Å². The van der Waals surface area contributed by atoms with E-state index in [0.29, 0.717) is 12.6 Å². The van der Waals surface area contributed by atoms with Crippen LogP contribution in [-0.2, 0) is 0 Å². The van der Waals surface area contributed by atoms with Crippen LogP contribution in [0.2, 0.25) is 0 Å². The third-order valence-corrected chi connectivity index (χ3v) is 2.71. The maximum Gasteiger partial charge on any atom is 0.0845 e. The molecule has 0 radical (unpaired) electrons. The number of hydrogen-bond acceptors (Lipinski definition) is 3. The van der Waals surface area contributed by atoms with E-state index in [4.69, 9.17) is 5.26 Å². The van der Waals surface area contributed by atoms with Crippen molar-refractivity contribution in [2.24, 2.45) is 0 Å². The first-order valence-corrected chi connectivity index (χ1v) is 4.90. The van der Waals surface area contributed by atoms with Gasteiger partial charge < -0.3 is 0 Å². The highest BCUT2D eigenvalue weighted by atomic mass is 32.1. The third-order valence-electron chi connectivity index (χ3n) is 1.72. The maximum absolute atomic E-state index is 8.40. The normalized spacial score (nSPS) is 12.3. The minimum absolute atomic E-state index is 0.352. The Kier molecular flexibility index (Phi) is 3.78. The van der Waals surface area contributed by atoms with Gasteiger partial charge in [-0.15, -0.1) is 11.3 Å². The van der Waals surface area contributed by atoms with Gasteiger partial charge in [0.15, 0.2) is 0 Å². The summed E-state index contributed by atoms with van der Waals surface area (Å²) in [5.41, 5.74) is 0. The van der Waals surface area contributed by atoms with Crippen LogP contribution in [0.15, 0.2) is 17.5 Å². The monoisotopic (exact) mass is 180 g/mol. The van der Waals surface area contributed by atoms with Crippen LogP contribution in [-0.4, -0.2) is 6.54 Å². The van der Waals surface area contributed by atoms with Gasteiger partial charge in [-0.1, -0.05) is 13.0 Å². The minimum Gasteiger partial charge on any atom is -0.297 e. The number of thiophene rings is 1. The molecule has 2 nitrogen and oxygen atoms in total. The summed E-state index contributed by atoms with van der Waals surface area (Å²) in [4.78, 5) is 1.31. The summed E-state index contributed by atoms with van der Waals surface area (Å²) in [6, 6.07) is 6.58.